The fraction of sp³-hybridized carbons (Fsp3) is 0.150. The van der Waals surface area contributed by atoms with Crippen LogP contribution in [0.2, 0.25) is 0 Å². The second-order valence-corrected chi connectivity index (χ2v) is 6.87. The Kier molecular flexibility index (Phi) is 4.60. The number of aromatic nitrogens is 1. The summed E-state index contributed by atoms with van der Waals surface area (Å²) in [6.07, 6.45) is -0.780. The van der Waals surface area contributed by atoms with Crippen molar-refractivity contribution in [3.05, 3.63) is 76.2 Å². The summed E-state index contributed by atoms with van der Waals surface area (Å²) in [5.41, 5.74) is 6.26. The van der Waals surface area contributed by atoms with E-state index in [4.69, 9.17) is 4.74 Å². The number of alkyl carbamates (subject to hydrolysis) is 1. The third-order valence-corrected chi connectivity index (χ3v) is 5.20. The van der Waals surface area contributed by atoms with Crippen molar-refractivity contribution < 1.29 is 19.4 Å². The molecule has 1 aromatic heterocycles. The van der Waals surface area contributed by atoms with Gasteiger partial charge in [0.05, 0.1) is 11.2 Å². The normalized spacial score (nSPS) is 13.5. The van der Waals surface area contributed by atoms with Gasteiger partial charge in [0, 0.05) is 11.3 Å². The molecule has 4 rings (SSSR count). The number of hydrogen-bond donors (Lipinski definition) is 2. The summed E-state index contributed by atoms with van der Waals surface area (Å²) in [7, 11) is 0. The minimum atomic E-state index is -1.23. The molecule has 0 saturated carbocycles. The Hall–Kier alpha value is -3.19. The van der Waals surface area contributed by atoms with Crippen molar-refractivity contribution >= 4 is 23.4 Å². The molecule has 0 spiro atoms. The second-order valence-electron chi connectivity index (χ2n) is 6.15. The van der Waals surface area contributed by atoms with E-state index in [1.54, 1.807) is 5.38 Å². The summed E-state index contributed by atoms with van der Waals surface area (Å²) in [5, 5.41) is 13.3. The summed E-state index contributed by atoms with van der Waals surface area (Å²) in [6, 6.07) is 14.8. The highest BCUT2D eigenvalue weighted by atomic mass is 32.1. The van der Waals surface area contributed by atoms with Gasteiger partial charge in [-0.1, -0.05) is 48.5 Å². The molecule has 0 aliphatic heterocycles. The van der Waals surface area contributed by atoms with Gasteiger partial charge in [-0.15, -0.1) is 11.3 Å². The first-order chi connectivity index (χ1) is 13.1. The molecule has 1 atom stereocenters. The van der Waals surface area contributed by atoms with Crippen LogP contribution in [0.4, 0.5) is 4.79 Å². The van der Waals surface area contributed by atoms with Crippen molar-refractivity contribution in [3.8, 4) is 11.1 Å². The molecule has 2 aromatic carbocycles. The Bertz CT molecular complexity index is 942. The van der Waals surface area contributed by atoms with Crippen LogP contribution >= 0.6 is 11.3 Å². The maximum Gasteiger partial charge on any atom is 0.408 e. The van der Waals surface area contributed by atoms with Crippen LogP contribution in [0, 0.1) is 0 Å². The quantitative estimate of drug-likeness (QED) is 0.703. The molecule has 1 unspecified atom stereocenters. The summed E-state index contributed by atoms with van der Waals surface area (Å²) in [6.45, 7) is 0.128. The molecule has 0 fully saturated rings. The van der Waals surface area contributed by atoms with Gasteiger partial charge in [0.15, 0.2) is 6.04 Å². The monoisotopic (exact) mass is 380 g/mol. The number of hydrogen-bond acceptors (Lipinski definition) is 5. The van der Waals surface area contributed by atoms with Crippen molar-refractivity contribution in [2.45, 2.75) is 12.0 Å². The number of benzene rings is 2. The van der Waals surface area contributed by atoms with E-state index in [1.165, 1.54) is 16.8 Å². The van der Waals surface area contributed by atoms with Crippen molar-refractivity contribution in [1.82, 2.24) is 10.3 Å². The highest BCUT2D eigenvalue weighted by Crippen LogP contribution is 2.44. The van der Waals surface area contributed by atoms with Crippen LogP contribution in [-0.2, 0) is 9.53 Å². The van der Waals surface area contributed by atoms with Crippen molar-refractivity contribution in [1.29, 1.82) is 0 Å². The summed E-state index contributed by atoms with van der Waals surface area (Å²) >= 11 is 1.26. The molecule has 7 heteroatoms. The molecular weight excluding hydrogens is 364 g/mol. The molecule has 1 heterocycles. The van der Waals surface area contributed by atoms with Gasteiger partial charge in [-0.2, -0.15) is 0 Å². The number of nitrogens with zero attached hydrogens (tertiary/aromatic N) is 1. The smallest absolute Gasteiger partial charge is 0.408 e. The Labute approximate surface area is 159 Å². The minimum absolute atomic E-state index is 0.0781. The molecule has 1 aliphatic rings. The second kappa shape index (κ2) is 7.20. The third kappa shape index (κ3) is 3.29. The molecule has 6 nitrogen and oxygen atoms in total. The Morgan fingerprint density at radius 3 is 2.30 bits per heavy atom. The van der Waals surface area contributed by atoms with Crippen LogP contribution < -0.4 is 5.32 Å². The number of carboxylic acid groups (broad SMARTS) is 1. The number of nitrogens with one attached hydrogen (secondary N) is 1. The zero-order chi connectivity index (χ0) is 18.8. The number of carbonyl (C=O) groups excluding carboxylic acids is 1. The van der Waals surface area contributed by atoms with Crippen LogP contribution in [0.15, 0.2) is 59.4 Å². The number of carboxylic acids is 1. The topological polar surface area (TPSA) is 88.5 Å². The van der Waals surface area contributed by atoms with Gasteiger partial charge in [0.2, 0.25) is 0 Å². The molecule has 1 aliphatic carbocycles. The zero-order valence-corrected chi connectivity index (χ0v) is 15.0. The van der Waals surface area contributed by atoms with E-state index < -0.39 is 18.1 Å². The first-order valence-electron chi connectivity index (χ1n) is 8.37. The Morgan fingerprint density at radius 1 is 1.11 bits per heavy atom. The lowest BCUT2D eigenvalue weighted by Crippen LogP contribution is -2.35. The van der Waals surface area contributed by atoms with Gasteiger partial charge >= 0.3 is 12.1 Å². The molecule has 27 heavy (non-hydrogen) atoms. The lowest BCUT2D eigenvalue weighted by Gasteiger charge is -2.16. The predicted octanol–water partition coefficient (Wildman–Crippen LogP) is 3.81. The first-order valence-corrected chi connectivity index (χ1v) is 9.32. The standard InChI is InChI=1S/C20H16N2O4S/c23-19(24)18(17-10-27-11-21-17)22-20(25)26-9-16-14-7-3-1-5-12(14)13-6-2-4-8-15(13)16/h1-8,10-11,16,18H,9H2,(H,22,25)(H,23,24). The SMILES string of the molecule is O=C(NC(C(=O)O)c1cscn1)OCC1c2ccccc2-c2ccccc21. The fourth-order valence-corrected chi connectivity index (χ4v) is 3.96. The van der Waals surface area contributed by atoms with Crippen LogP contribution in [0.1, 0.15) is 28.8 Å². The number of carbonyl (C=O) groups is 2. The van der Waals surface area contributed by atoms with E-state index in [1.807, 2.05) is 36.4 Å². The number of thiazole rings is 1. The van der Waals surface area contributed by atoms with Gasteiger partial charge < -0.3 is 15.2 Å². The number of amides is 1. The average molecular weight is 380 g/mol. The Morgan fingerprint density at radius 2 is 1.74 bits per heavy atom. The number of rotatable bonds is 5. The lowest BCUT2D eigenvalue weighted by atomic mass is 9.98. The highest BCUT2D eigenvalue weighted by molar-refractivity contribution is 7.07. The maximum atomic E-state index is 12.2. The molecule has 0 bridgehead atoms. The van der Waals surface area contributed by atoms with Crippen molar-refractivity contribution in [3.63, 3.8) is 0 Å². The van der Waals surface area contributed by atoms with Crippen molar-refractivity contribution in [2.24, 2.45) is 0 Å². The molecule has 2 N–H and O–H groups in total. The fourth-order valence-electron chi connectivity index (χ4n) is 3.38. The van der Waals surface area contributed by atoms with Gasteiger partial charge in [0.1, 0.15) is 6.61 Å². The van der Waals surface area contributed by atoms with Gasteiger partial charge in [-0.05, 0) is 22.3 Å². The first kappa shape index (κ1) is 17.2. The van der Waals surface area contributed by atoms with Crippen LogP contribution in [0.3, 0.4) is 0 Å². The van der Waals surface area contributed by atoms with Gasteiger partial charge in [-0.25, -0.2) is 14.6 Å². The summed E-state index contributed by atoms with van der Waals surface area (Å²) in [5.74, 6) is -1.26. The molecule has 1 amide bonds. The number of ether oxygens (including phenoxy) is 1. The molecule has 0 radical (unpaired) electrons. The van der Waals surface area contributed by atoms with E-state index in [9.17, 15) is 14.7 Å². The van der Waals surface area contributed by atoms with Crippen LogP contribution in [0.5, 0.6) is 0 Å². The number of aliphatic carboxylic acids is 1. The van der Waals surface area contributed by atoms with Crippen LogP contribution in [-0.4, -0.2) is 28.8 Å². The summed E-state index contributed by atoms with van der Waals surface area (Å²) < 4.78 is 5.38. The van der Waals surface area contributed by atoms with E-state index >= 15 is 0 Å². The number of fused-ring (bicyclic) bond motifs is 3. The third-order valence-electron chi connectivity index (χ3n) is 4.60. The zero-order valence-electron chi connectivity index (χ0n) is 14.2. The van der Waals surface area contributed by atoms with Gasteiger partial charge in [0.25, 0.3) is 0 Å². The molecule has 136 valence electrons. The van der Waals surface area contributed by atoms with Crippen LogP contribution in [0.25, 0.3) is 11.1 Å². The summed E-state index contributed by atoms with van der Waals surface area (Å²) in [4.78, 5) is 27.6. The maximum absolute atomic E-state index is 12.2. The van der Waals surface area contributed by atoms with E-state index in [-0.39, 0.29) is 18.2 Å². The van der Waals surface area contributed by atoms with Gasteiger partial charge in [-0.3, -0.25) is 0 Å². The largest absolute Gasteiger partial charge is 0.479 e. The minimum Gasteiger partial charge on any atom is -0.479 e. The Balaban J connectivity index is 1.49. The van der Waals surface area contributed by atoms with E-state index in [0.29, 0.717) is 0 Å². The van der Waals surface area contributed by atoms with Crippen molar-refractivity contribution in [2.75, 3.05) is 6.61 Å². The highest BCUT2D eigenvalue weighted by Gasteiger charge is 2.30. The predicted molar refractivity (Wildman–Crippen MR) is 101 cm³/mol. The van der Waals surface area contributed by atoms with E-state index in [2.05, 4.69) is 22.4 Å². The molecule has 0 saturated heterocycles. The van der Waals surface area contributed by atoms with E-state index in [0.717, 1.165) is 22.3 Å². The lowest BCUT2D eigenvalue weighted by molar-refractivity contribution is -0.139. The average Bonchev–Trinajstić information content (AvgIpc) is 3.31. The molecule has 3 aromatic rings. The molecular formula is C20H16N2O4S.